The van der Waals surface area contributed by atoms with E-state index in [1.807, 2.05) is 17.8 Å². The lowest BCUT2D eigenvalue weighted by atomic mass is 10.1. The number of methoxy groups -OCH3 is 1. The highest BCUT2D eigenvalue weighted by Crippen LogP contribution is 2.21. The summed E-state index contributed by atoms with van der Waals surface area (Å²) in [5, 5.41) is 6.12. The Balaban J connectivity index is 2.08. The van der Waals surface area contributed by atoms with Crippen molar-refractivity contribution >= 4 is 22.5 Å². The van der Waals surface area contributed by atoms with E-state index in [-0.39, 0.29) is 0 Å². The normalized spacial score (nSPS) is 12.6. The highest BCUT2D eigenvalue weighted by atomic mass is 32.2. The average molecular weight is 289 g/mol. The molecule has 0 spiro atoms. The second-order valence-electron chi connectivity index (χ2n) is 4.99. The quantitative estimate of drug-likeness (QED) is 0.830. The number of hydrogen-bond acceptors (Lipinski definition) is 3. The molecule has 2 nitrogen and oxygen atoms in total. The highest BCUT2D eigenvalue weighted by molar-refractivity contribution is 7.98. The van der Waals surface area contributed by atoms with Gasteiger partial charge in [0.1, 0.15) is 5.75 Å². The van der Waals surface area contributed by atoms with Gasteiger partial charge >= 0.3 is 0 Å². The zero-order chi connectivity index (χ0) is 14.4. The second-order valence-corrected chi connectivity index (χ2v) is 5.90. The Labute approximate surface area is 125 Å². The van der Waals surface area contributed by atoms with Crippen molar-refractivity contribution < 1.29 is 4.74 Å². The average Bonchev–Trinajstić information content (AvgIpc) is 2.50. The first-order valence-corrected chi connectivity index (χ1v) is 8.45. The molecule has 0 aliphatic rings. The molecule has 0 fully saturated rings. The van der Waals surface area contributed by atoms with Crippen LogP contribution in [0.5, 0.6) is 5.75 Å². The molecule has 2 rings (SSSR count). The molecule has 20 heavy (non-hydrogen) atoms. The SMILES string of the molecule is CCC(CSC)NCc1ccc2cc(OC)ccc2c1. The van der Waals surface area contributed by atoms with Gasteiger partial charge in [0.15, 0.2) is 0 Å². The fraction of sp³-hybridized carbons (Fsp3) is 0.412. The summed E-state index contributed by atoms with van der Waals surface area (Å²) in [4.78, 5) is 0. The Bertz CT molecular complexity index is 556. The van der Waals surface area contributed by atoms with Crippen molar-refractivity contribution in [1.29, 1.82) is 0 Å². The van der Waals surface area contributed by atoms with Crippen LogP contribution in [0.3, 0.4) is 0 Å². The molecule has 0 aliphatic heterocycles. The van der Waals surface area contributed by atoms with Gasteiger partial charge in [0.25, 0.3) is 0 Å². The van der Waals surface area contributed by atoms with Crippen LogP contribution in [0.4, 0.5) is 0 Å². The van der Waals surface area contributed by atoms with Crippen molar-refractivity contribution in [2.75, 3.05) is 19.1 Å². The van der Waals surface area contributed by atoms with Gasteiger partial charge in [-0.05, 0) is 47.2 Å². The molecule has 108 valence electrons. The fourth-order valence-corrected chi connectivity index (χ4v) is 3.05. The summed E-state index contributed by atoms with van der Waals surface area (Å²) in [6.07, 6.45) is 3.33. The Morgan fingerprint density at radius 3 is 2.60 bits per heavy atom. The monoisotopic (exact) mass is 289 g/mol. The van der Waals surface area contributed by atoms with Crippen LogP contribution in [0.25, 0.3) is 10.8 Å². The summed E-state index contributed by atoms with van der Waals surface area (Å²) in [5.41, 5.74) is 1.34. The molecular weight excluding hydrogens is 266 g/mol. The molecule has 0 amide bonds. The highest BCUT2D eigenvalue weighted by Gasteiger charge is 2.05. The largest absolute Gasteiger partial charge is 0.497 e. The summed E-state index contributed by atoms with van der Waals surface area (Å²) in [6.45, 7) is 3.17. The third kappa shape index (κ3) is 3.90. The first kappa shape index (κ1) is 15.2. The zero-order valence-electron chi connectivity index (χ0n) is 12.5. The number of benzene rings is 2. The molecule has 0 saturated carbocycles. The smallest absolute Gasteiger partial charge is 0.119 e. The van der Waals surface area contributed by atoms with Crippen LogP contribution in [0.15, 0.2) is 36.4 Å². The van der Waals surface area contributed by atoms with Gasteiger partial charge in [-0.3, -0.25) is 0 Å². The van der Waals surface area contributed by atoms with Crippen molar-refractivity contribution in [2.24, 2.45) is 0 Å². The van der Waals surface area contributed by atoms with E-state index in [2.05, 4.69) is 48.8 Å². The van der Waals surface area contributed by atoms with Gasteiger partial charge in [-0.1, -0.05) is 25.1 Å². The Morgan fingerprint density at radius 2 is 1.90 bits per heavy atom. The predicted octanol–water partition coefficient (Wildman–Crippen LogP) is 4.08. The first-order valence-electron chi connectivity index (χ1n) is 7.05. The maximum atomic E-state index is 5.26. The lowest BCUT2D eigenvalue weighted by molar-refractivity contribution is 0.415. The number of nitrogens with one attached hydrogen (secondary N) is 1. The van der Waals surface area contributed by atoms with Crippen LogP contribution in [-0.2, 0) is 6.54 Å². The van der Waals surface area contributed by atoms with Crippen LogP contribution >= 0.6 is 11.8 Å². The van der Waals surface area contributed by atoms with Crippen LogP contribution in [0, 0.1) is 0 Å². The third-order valence-electron chi connectivity index (χ3n) is 3.57. The van der Waals surface area contributed by atoms with E-state index in [9.17, 15) is 0 Å². The molecule has 0 heterocycles. The van der Waals surface area contributed by atoms with E-state index in [0.29, 0.717) is 6.04 Å². The third-order valence-corrected chi connectivity index (χ3v) is 4.30. The summed E-state index contributed by atoms with van der Waals surface area (Å²) in [6, 6.07) is 13.4. The van der Waals surface area contributed by atoms with E-state index in [1.54, 1.807) is 7.11 Å². The van der Waals surface area contributed by atoms with E-state index in [0.717, 1.165) is 12.3 Å². The molecule has 0 radical (unpaired) electrons. The Kier molecular flexibility index (Phi) is 5.74. The number of hydrogen-bond donors (Lipinski definition) is 1. The minimum absolute atomic E-state index is 0.594. The van der Waals surface area contributed by atoms with Crippen LogP contribution in [0.1, 0.15) is 18.9 Å². The van der Waals surface area contributed by atoms with Gasteiger partial charge in [-0.15, -0.1) is 0 Å². The summed E-state index contributed by atoms with van der Waals surface area (Å²) >= 11 is 1.90. The zero-order valence-corrected chi connectivity index (χ0v) is 13.3. The van der Waals surface area contributed by atoms with Crippen molar-refractivity contribution in [3.8, 4) is 5.75 Å². The Morgan fingerprint density at radius 1 is 1.15 bits per heavy atom. The summed E-state index contributed by atoms with van der Waals surface area (Å²) in [7, 11) is 1.70. The van der Waals surface area contributed by atoms with Gasteiger partial charge in [0, 0.05) is 18.3 Å². The van der Waals surface area contributed by atoms with E-state index in [1.165, 1.54) is 28.5 Å². The molecule has 3 heteroatoms. The van der Waals surface area contributed by atoms with Crippen molar-refractivity contribution in [2.45, 2.75) is 25.9 Å². The molecule has 1 atom stereocenters. The molecule has 0 bridgehead atoms. The first-order chi connectivity index (χ1) is 9.76. The molecule has 0 aliphatic carbocycles. The fourth-order valence-electron chi connectivity index (χ4n) is 2.29. The number of thioether (sulfide) groups is 1. The second kappa shape index (κ2) is 7.55. The maximum Gasteiger partial charge on any atom is 0.119 e. The number of rotatable bonds is 7. The number of fused-ring (bicyclic) bond motifs is 1. The summed E-state index contributed by atoms with van der Waals surface area (Å²) < 4.78 is 5.26. The topological polar surface area (TPSA) is 21.3 Å². The van der Waals surface area contributed by atoms with Crippen molar-refractivity contribution in [1.82, 2.24) is 5.32 Å². The summed E-state index contributed by atoms with van der Waals surface area (Å²) in [5.74, 6) is 2.08. The maximum absolute atomic E-state index is 5.26. The van der Waals surface area contributed by atoms with Crippen molar-refractivity contribution in [3.05, 3.63) is 42.0 Å². The molecule has 1 N–H and O–H groups in total. The van der Waals surface area contributed by atoms with Gasteiger partial charge in [-0.2, -0.15) is 11.8 Å². The predicted molar refractivity (Wildman–Crippen MR) is 89.8 cm³/mol. The minimum atomic E-state index is 0.594. The van der Waals surface area contributed by atoms with Gasteiger partial charge < -0.3 is 10.1 Å². The van der Waals surface area contributed by atoms with E-state index in [4.69, 9.17) is 4.74 Å². The number of ether oxygens (including phenoxy) is 1. The van der Waals surface area contributed by atoms with Crippen molar-refractivity contribution in [3.63, 3.8) is 0 Å². The molecule has 0 saturated heterocycles. The molecule has 2 aromatic carbocycles. The molecule has 0 aromatic heterocycles. The van der Waals surface area contributed by atoms with E-state index >= 15 is 0 Å². The van der Waals surface area contributed by atoms with Crippen LogP contribution < -0.4 is 10.1 Å². The van der Waals surface area contributed by atoms with Crippen LogP contribution in [0.2, 0.25) is 0 Å². The van der Waals surface area contributed by atoms with E-state index < -0.39 is 0 Å². The lowest BCUT2D eigenvalue weighted by Gasteiger charge is -2.16. The van der Waals surface area contributed by atoms with Gasteiger partial charge in [0.2, 0.25) is 0 Å². The van der Waals surface area contributed by atoms with Gasteiger partial charge in [0.05, 0.1) is 7.11 Å². The lowest BCUT2D eigenvalue weighted by Crippen LogP contribution is -2.30. The Hall–Kier alpha value is -1.19. The standard InChI is InChI=1S/C17H23NOS/c1-4-16(12-20-3)18-11-13-5-6-15-10-17(19-2)8-7-14(15)9-13/h5-10,16,18H,4,11-12H2,1-3H3. The van der Waals surface area contributed by atoms with Gasteiger partial charge in [-0.25, -0.2) is 0 Å². The molecule has 1 unspecified atom stereocenters. The molecular formula is C17H23NOS. The minimum Gasteiger partial charge on any atom is -0.497 e. The molecule has 2 aromatic rings. The van der Waals surface area contributed by atoms with Crippen LogP contribution in [-0.4, -0.2) is 25.2 Å².